The van der Waals surface area contributed by atoms with Crippen molar-refractivity contribution in [1.29, 1.82) is 0 Å². The summed E-state index contributed by atoms with van der Waals surface area (Å²) in [5.74, 6) is 0. The summed E-state index contributed by atoms with van der Waals surface area (Å²) < 4.78 is 0. The van der Waals surface area contributed by atoms with Gasteiger partial charge in [0.1, 0.15) is 0 Å². The molecule has 1 atom stereocenters. The van der Waals surface area contributed by atoms with Crippen molar-refractivity contribution >= 4 is 0 Å². The maximum Gasteiger partial charge on any atom is 0.0431 e. The van der Waals surface area contributed by atoms with E-state index in [4.69, 9.17) is 5.11 Å². The first-order valence-corrected chi connectivity index (χ1v) is 6.89. The number of aliphatic hydroxyl groups is 1. The average molecular weight is 228 g/mol. The molecule has 1 rings (SSSR count). The van der Waals surface area contributed by atoms with Crippen LogP contribution in [0.4, 0.5) is 0 Å². The molecule has 0 radical (unpaired) electrons. The summed E-state index contributed by atoms with van der Waals surface area (Å²) in [6.07, 6.45) is 7.46. The van der Waals surface area contributed by atoms with E-state index < -0.39 is 0 Å². The predicted octanol–water partition coefficient (Wildman–Crippen LogP) is 1.61. The molecule has 1 heterocycles. The van der Waals surface area contributed by atoms with Crippen molar-refractivity contribution in [3.8, 4) is 0 Å². The second-order valence-corrected chi connectivity index (χ2v) is 4.98. The van der Waals surface area contributed by atoms with E-state index in [-0.39, 0.29) is 0 Å². The van der Waals surface area contributed by atoms with Gasteiger partial charge in [0.15, 0.2) is 0 Å². The molecule has 3 nitrogen and oxygen atoms in total. The lowest BCUT2D eigenvalue weighted by Gasteiger charge is -2.26. The van der Waals surface area contributed by atoms with Gasteiger partial charge >= 0.3 is 0 Å². The van der Waals surface area contributed by atoms with Crippen molar-refractivity contribution < 1.29 is 5.11 Å². The van der Waals surface area contributed by atoms with Gasteiger partial charge in [0.2, 0.25) is 0 Å². The molecule has 3 heteroatoms. The number of piperidine rings is 1. The topological polar surface area (TPSA) is 35.5 Å². The first-order chi connectivity index (χ1) is 7.83. The Morgan fingerprint density at radius 2 is 1.94 bits per heavy atom. The fourth-order valence-corrected chi connectivity index (χ4v) is 2.33. The maximum absolute atomic E-state index is 8.72. The minimum atomic E-state index is 0.319. The van der Waals surface area contributed by atoms with Crippen LogP contribution in [-0.2, 0) is 0 Å². The number of likely N-dealkylation sites (tertiary alicyclic amines) is 1. The van der Waals surface area contributed by atoms with Crippen LogP contribution in [0.15, 0.2) is 0 Å². The van der Waals surface area contributed by atoms with Gasteiger partial charge < -0.3 is 15.3 Å². The Bertz CT molecular complexity index is 158. The number of hydrogen-bond donors (Lipinski definition) is 2. The van der Waals surface area contributed by atoms with E-state index in [9.17, 15) is 0 Å². The number of rotatable bonds is 8. The van der Waals surface area contributed by atoms with Crippen molar-refractivity contribution in [2.75, 3.05) is 32.8 Å². The summed E-state index contributed by atoms with van der Waals surface area (Å²) in [4.78, 5) is 2.59. The minimum absolute atomic E-state index is 0.319. The zero-order chi connectivity index (χ0) is 11.6. The maximum atomic E-state index is 8.72. The third kappa shape index (κ3) is 6.46. The van der Waals surface area contributed by atoms with Gasteiger partial charge in [0.05, 0.1) is 0 Å². The zero-order valence-corrected chi connectivity index (χ0v) is 10.7. The van der Waals surface area contributed by atoms with E-state index in [1.54, 1.807) is 0 Å². The monoisotopic (exact) mass is 228 g/mol. The summed E-state index contributed by atoms with van der Waals surface area (Å²) in [5.41, 5.74) is 0. The first kappa shape index (κ1) is 13.9. The van der Waals surface area contributed by atoms with E-state index in [1.807, 2.05) is 0 Å². The smallest absolute Gasteiger partial charge is 0.0431 e. The Balaban J connectivity index is 1.90. The molecule has 0 amide bonds. The Labute approximate surface area is 100 Å². The number of hydrogen-bond acceptors (Lipinski definition) is 3. The molecular weight excluding hydrogens is 200 g/mol. The zero-order valence-electron chi connectivity index (χ0n) is 10.7. The van der Waals surface area contributed by atoms with Gasteiger partial charge in [-0.1, -0.05) is 6.42 Å². The molecule has 1 fully saturated rings. The minimum Gasteiger partial charge on any atom is -0.396 e. The van der Waals surface area contributed by atoms with Crippen LogP contribution in [0.25, 0.3) is 0 Å². The molecule has 2 N–H and O–H groups in total. The van der Waals surface area contributed by atoms with Crippen molar-refractivity contribution in [2.45, 2.75) is 51.5 Å². The normalized spacial score (nSPS) is 19.9. The van der Waals surface area contributed by atoms with Gasteiger partial charge in [-0.05, 0) is 65.2 Å². The van der Waals surface area contributed by atoms with Gasteiger partial charge in [-0.15, -0.1) is 0 Å². The van der Waals surface area contributed by atoms with Crippen LogP contribution in [-0.4, -0.2) is 48.8 Å². The molecule has 16 heavy (non-hydrogen) atoms. The van der Waals surface area contributed by atoms with Crippen molar-refractivity contribution in [2.24, 2.45) is 0 Å². The lowest BCUT2D eigenvalue weighted by molar-refractivity contribution is 0.224. The van der Waals surface area contributed by atoms with Crippen LogP contribution in [0.3, 0.4) is 0 Å². The molecule has 0 bridgehead atoms. The van der Waals surface area contributed by atoms with Gasteiger partial charge in [-0.2, -0.15) is 0 Å². The SMILES string of the molecule is CC(CCCO)NCCCN1CCCCC1. The third-order valence-corrected chi connectivity index (χ3v) is 3.39. The molecule has 0 spiro atoms. The number of aliphatic hydroxyl groups excluding tert-OH is 1. The Morgan fingerprint density at radius 3 is 2.62 bits per heavy atom. The summed E-state index contributed by atoms with van der Waals surface area (Å²) in [7, 11) is 0. The van der Waals surface area contributed by atoms with Gasteiger partial charge in [0.25, 0.3) is 0 Å². The Morgan fingerprint density at radius 1 is 1.19 bits per heavy atom. The second kappa shape index (κ2) is 8.97. The number of nitrogens with zero attached hydrogens (tertiary/aromatic N) is 1. The largest absolute Gasteiger partial charge is 0.396 e. The lowest BCUT2D eigenvalue weighted by Crippen LogP contribution is -2.34. The highest BCUT2D eigenvalue weighted by atomic mass is 16.2. The average Bonchev–Trinajstić information content (AvgIpc) is 2.33. The molecule has 1 aliphatic heterocycles. The molecular formula is C13H28N2O. The van der Waals surface area contributed by atoms with Crippen molar-refractivity contribution in [3.63, 3.8) is 0 Å². The third-order valence-electron chi connectivity index (χ3n) is 3.39. The quantitative estimate of drug-likeness (QED) is 0.620. The molecule has 1 unspecified atom stereocenters. The molecule has 96 valence electrons. The molecule has 0 aromatic heterocycles. The Hall–Kier alpha value is -0.120. The van der Waals surface area contributed by atoms with E-state index >= 15 is 0 Å². The molecule has 0 aromatic rings. The highest BCUT2D eigenvalue weighted by molar-refractivity contribution is 4.66. The van der Waals surface area contributed by atoms with E-state index in [0.717, 1.165) is 19.4 Å². The molecule has 0 aliphatic carbocycles. The van der Waals surface area contributed by atoms with E-state index in [2.05, 4.69) is 17.1 Å². The standard InChI is InChI=1S/C13H28N2O/c1-13(7-5-12-16)14-8-6-11-15-9-3-2-4-10-15/h13-14,16H,2-12H2,1H3. The molecule has 1 aliphatic rings. The van der Waals surface area contributed by atoms with Crippen LogP contribution in [0.5, 0.6) is 0 Å². The fourth-order valence-electron chi connectivity index (χ4n) is 2.33. The van der Waals surface area contributed by atoms with Crippen molar-refractivity contribution in [1.82, 2.24) is 10.2 Å². The summed E-state index contributed by atoms with van der Waals surface area (Å²) in [6, 6.07) is 0.550. The van der Waals surface area contributed by atoms with Gasteiger partial charge in [-0.25, -0.2) is 0 Å². The summed E-state index contributed by atoms with van der Waals surface area (Å²) in [5, 5.41) is 12.2. The highest BCUT2D eigenvalue weighted by Crippen LogP contribution is 2.08. The fraction of sp³-hybridized carbons (Fsp3) is 1.00. The first-order valence-electron chi connectivity index (χ1n) is 6.89. The second-order valence-electron chi connectivity index (χ2n) is 4.98. The van der Waals surface area contributed by atoms with Crippen LogP contribution in [0.1, 0.15) is 45.4 Å². The van der Waals surface area contributed by atoms with E-state index in [0.29, 0.717) is 12.6 Å². The summed E-state index contributed by atoms with van der Waals surface area (Å²) in [6.45, 7) is 7.50. The van der Waals surface area contributed by atoms with Crippen molar-refractivity contribution in [3.05, 3.63) is 0 Å². The van der Waals surface area contributed by atoms with E-state index in [1.165, 1.54) is 45.3 Å². The predicted molar refractivity (Wildman–Crippen MR) is 68.7 cm³/mol. The van der Waals surface area contributed by atoms with Crippen LogP contribution in [0.2, 0.25) is 0 Å². The van der Waals surface area contributed by atoms with Crippen LogP contribution < -0.4 is 5.32 Å². The van der Waals surface area contributed by atoms with Gasteiger partial charge in [0, 0.05) is 12.6 Å². The van der Waals surface area contributed by atoms with Crippen LogP contribution in [0, 0.1) is 0 Å². The summed E-state index contributed by atoms with van der Waals surface area (Å²) >= 11 is 0. The number of nitrogens with one attached hydrogen (secondary N) is 1. The Kier molecular flexibility index (Phi) is 7.81. The lowest BCUT2D eigenvalue weighted by atomic mass is 10.1. The molecule has 1 saturated heterocycles. The highest BCUT2D eigenvalue weighted by Gasteiger charge is 2.09. The molecule has 0 aromatic carbocycles. The van der Waals surface area contributed by atoms with Gasteiger partial charge in [-0.3, -0.25) is 0 Å². The molecule has 0 saturated carbocycles. The van der Waals surface area contributed by atoms with Crippen LogP contribution >= 0.6 is 0 Å².